The Morgan fingerprint density at radius 1 is 1.45 bits per heavy atom. The molecule has 1 aliphatic rings. The lowest BCUT2D eigenvalue weighted by Gasteiger charge is -2.34. The van der Waals surface area contributed by atoms with Gasteiger partial charge in [-0.15, -0.1) is 0 Å². The number of piperidine rings is 1. The third-order valence-corrected chi connectivity index (χ3v) is 4.12. The number of amides is 1. The van der Waals surface area contributed by atoms with E-state index in [4.69, 9.17) is 11.6 Å². The zero-order valence-electron chi connectivity index (χ0n) is 12.3. The number of rotatable bonds is 4. The summed E-state index contributed by atoms with van der Waals surface area (Å²) in [5.74, 6) is 0.100. The number of halogens is 1. The highest BCUT2D eigenvalue weighted by atomic mass is 35.5. The number of nitrogens with zero attached hydrogens (tertiary/aromatic N) is 1. The summed E-state index contributed by atoms with van der Waals surface area (Å²) in [5, 5.41) is 3.70. The second-order valence-electron chi connectivity index (χ2n) is 5.50. The minimum absolute atomic E-state index is 0.00193. The zero-order chi connectivity index (χ0) is 14.5. The van der Waals surface area contributed by atoms with Crippen molar-refractivity contribution in [2.75, 3.05) is 18.4 Å². The van der Waals surface area contributed by atoms with Gasteiger partial charge in [-0.3, -0.25) is 9.69 Å². The first-order valence-corrected chi connectivity index (χ1v) is 7.80. The molecule has 4 heteroatoms. The van der Waals surface area contributed by atoms with Crippen LogP contribution in [0.25, 0.3) is 0 Å². The normalized spacial score (nSPS) is 19.9. The minimum atomic E-state index is 0.00193. The van der Waals surface area contributed by atoms with E-state index in [1.54, 1.807) is 0 Å². The third kappa shape index (κ3) is 3.74. The van der Waals surface area contributed by atoms with Crippen LogP contribution in [0.1, 0.15) is 38.2 Å². The van der Waals surface area contributed by atoms with E-state index in [1.807, 2.05) is 25.1 Å². The maximum Gasteiger partial charge on any atom is 0.241 e. The lowest BCUT2D eigenvalue weighted by molar-refractivity contribution is -0.122. The van der Waals surface area contributed by atoms with E-state index in [9.17, 15) is 4.79 Å². The van der Waals surface area contributed by atoms with Gasteiger partial charge in [-0.2, -0.15) is 0 Å². The van der Waals surface area contributed by atoms with Gasteiger partial charge in [0.25, 0.3) is 0 Å². The van der Waals surface area contributed by atoms with Crippen LogP contribution in [0.15, 0.2) is 18.2 Å². The van der Waals surface area contributed by atoms with Crippen LogP contribution in [0.4, 0.5) is 5.69 Å². The van der Waals surface area contributed by atoms with Crippen LogP contribution in [0, 0.1) is 6.92 Å². The molecule has 20 heavy (non-hydrogen) atoms. The SMILES string of the molecule is CCCN1CCCCC1C(=O)Nc1cc(Cl)ccc1C. The second-order valence-corrected chi connectivity index (χ2v) is 5.93. The highest BCUT2D eigenvalue weighted by Crippen LogP contribution is 2.23. The Hall–Kier alpha value is -1.06. The largest absolute Gasteiger partial charge is 0.324 e. The van der Waals surface area contributed by atoms with Crippen LogP contribution in [0.5, 0.6) is 0 Å². The molecule has 1 saturated heterocycles. The Morgan fingerprint density at radius 2 is 2.25 bits per heavy atom. The summed E-state index contributed by atoms with van der Waals surface area (Å²) < 4.78 is 0. The molecule has 3 nitrogen and oxygen atoms in total. The summed E-state index contributed by atoms with van der Waals surface area (Å²) in [4.78, 5) is 14.8. The molecule has 0 bridgehead atoms. The number of hydrogen-bond acceptors (Lipinski definition) is 2. The van der Waals surface area contributed by atoms with Crippen molar-refractivity contribution in [3.05, 3.63) is 28.8 Å². The number of anilines is 1. The molecule has 110 valence electrons. The molecule has 1 unspecified atom stereocenters. The van der Waals surface area contributed by atoms with Gasteiger partial charge >= 0.3 is 0 Å². The number of likely N-dealkylation sites (tertiary alicyclic amines) is 1. The molecule has 0 spiro atoms. The van der Waals surface area contributed by atoms with Gasteiger partial charge in [0.05, 0.1) is 6.04 Å². The van der Waals surface area contributed by atoms with Crippen molar-refractivity contribution in [3.63, 3.8) is 0 Å². The number of carbonyl (C=O) groups excluding carboxylic acids is 1. The lowest BCUT2D eigenvalue weighted by Crippen LogP contribution is -2.47. The Morgan fingerprint density at radius 3 is 3.00 bits per heavy atom. The highest BCUT2D eigenvalue weighted by Gasteiger charge is 2.28. The fourth-order valence-corrected chi connectivity index (χ4v) is 2.96. The molecule has 1 amide bonds. The second kappa shape index (κ2) is 7.09. The van der Waals surface area contributed by atoms with E-state index in [2.05, 4.69) is 17.1 Å². The van der Waals surface area contributed by atoms with Crippen molar-refractivity contribution in [2.24, 2.45) is 0 Å². The van der Waals surface area contributed by atoms with Crippen molar-refractivity contribution in [3.8, 4) is 0 Å². The topological polar surface area (TPSA) is 32.3 Å². The van der Waals surface area contributed by atoms with Gasteiger partial charge in [0.2, 0.25) is 5.91 Å². The molecule has 0 radical (unpaired) electrons. The van der Waals surface area contributed by atoms with E-state index in [0.717, 1.165) is 43.6 Å². The Kier molecular flexibility index (Phi) is 5.44. The Labute approximate surface area is 126 Å². The molecule has 1 aromatic rings. The molecule has 0 aliphatic carbocycles. The van der Waals surface area contributed by atoms with Crippen LogP contribution in [0.3, 0.4) is 0 Å². The van der Waals surface area contributed by atoms with Gasteiger partial charge in [0.1, 0.15) is 0 Å². The van der Waals surface area contributed by atoms with Crippen LogP contribution < -0.4 is 5.32 Å². The molecular formula is C16H23ClN2O. The summed E-state index contributed by atoms with van der Waals surface area (Å²) in [6, 6.07) is 5.60. The first-order valence-electron chi connectivity index (χ1n) is 7.43. The van der Waals surface area contributed by atoms with E-state index in [-0.39, 0.29) is 11.9 Å². The predicted octanol–water partition coefficient (Wildman–Crippen LogP) is 3.85. The summed E-state index contributed by atoms with van der Waals surface area (Å²) >= 11 is 6.00. The maximum absolute atomic E-state index is 12.5. The van der Waals surface area contributed by atoms with E-state index < -0.39 is 0 Å². The molecule has 1 aromatic carbocycles. The zero-order valence-corrected chi connectivity index (χ0v) is 13.0. The number of nitrogens with one attached hydrogen (secondary N) is 1. The predicted molar refractivity (Wildman–Crippen MR) is 84.3 cm³/mol. The highest BCUT2D eigenvalue weighted by molar-refractivity contribution is 6.31. The summed E-state index contributed by atoms with van der Waals surface area (Å²) in [7, 11) is 0. The Balaban J connectivity index is 2.07. The monoisotopic (exact) mass is 294 g/mol. The van der Waals surface area contributed by atoms with Gasteiger partial charge in [0.15, 0.2) is 0 Å². The van der Waals surface area contributed by atoms with Gasteiger partial charge < -0.3 is 5.32 Å². The lowest BCUT2D eigenvalue weighted by atomic mass is 10.0. The molecule has 1 atom stereocenters. The fraction of sp³-hybridized carbons (Fsp3) is 0.562. The summed E-state index contributed by atoms with van der Waals surface area (Å²) in [5.41, 5.74) is 1.87. The number of hydrogen-bond donors (Lipinski definition) is 1. The van der Waals surface area contributed by atoms with Crippen LogP contribution in [-0.2, 0) is 4.79 Å². The quantitative estimate of drug-likeness (QED) is 0.915. The fourth-order valence-electron chi connectivity index (χ4n) is 2.79. The third-order valence-electron chi connectivity index (χ3n) is 3.88. The summed E-state index contributed by atoms with van der Waals surface area (Å²) in [6.07, 6.45) is 4.36. The van der Waals surface area contributed by atoms with E-state index in [1.165, 1.54) is 6.42 Å². The first kappa shape index (κ1) is 15.3. The van der Waals surface area contributed by atoms with Crippen molar-refractivity contribution in [1.82, 2.24) is 4.90 Å². The molecule has 1 heterocycles. The number of carbonyl (C=O) groups is 1. The number of aryl methyl sites for hydroxylation is 1. The number of benzene rings is 1. The first-order chi connectivity index (χ1) is 9.61. The smallest absolute Gasteiger partial charge is 0.241 e. The molecule has 1 fully saturated rings. The molecule has 0 saturated carbocycles. The summed E-state index contributed by atoms with van der Waals surface area (Å²) in [6.45, 7) is 6.16. The molecule has 0 aromatic heterocycles. The van der Waals surface area contributed by atoms with Gasteiger partial charge in [-0.25, -0.2) is 0 Å². The average molecular weight is 295 g/mol. The van der Waals surface area contributed by atoms with Crippen LogP contribution in [-0.4, -0.2) is 29.9 Å². The van der Waals surface area contributed by atoms with Gasteiger partial charge in [0, 0.05) is 10.7 Å². The molecule has 2 rings (SSSR count). The van der Waals surface area contributed by atoms with Crippen molar-refractivity contribution in [2.45, 2.75) is 45.6 Å². The van der Waals surface area contributed by atoms with Gasteiger partial charge in [-0.1, -0.05) is 31.0 Å². The van der Waals surface area contributed by atoms with Crippen LogP contribution >= 0.6 is 11.6 Å². The standard InChI is InChI=1S/C16H23ClN2O/c1-3-9-19-10-5-4-6-15(19)16(20)18-14-11-13(17)8-7-12(14)2/h7-8,11,15H,3-6,9-10H2,1-2H3,(H,18,20). The maximum atomic E-state index is 12.5. The Bertz CT molecular complexity index is 474. The van der Waals surface area contributed by atoms with Gasteiger partial charge in [-0.05, 0) is 57.0 Å². The molecular weight excluding hydrogens is 272 g/mol. The van der Waals surface area contributed by atoms with Crippen molar-refractivity contribution >= 4 is 23.2 Å². The molecule has 1 N–H and O–H groups in total. The van der Waals surface area contributed by atoms with Crippen molar-refractivity contribution < 1.29 is 4.79 Å². The van der Waals surface area contributed by atoms with E-state index >= 15 is 0 Å². The van der Waals surface area contributed by atoms with E-state index in [0.29, 0.717) is 5.02 Å². The minimum Gasteiger partial charge on any atom is -0.324 e. The van der Waals surface area contributed by atoms with Crippen LogP contribution in [0.2, 0.25) is 5.02 Å². The average Bonchev–Trinajstić information content (AvgIpc) is 2.44. The molecule has 1 aliphatic heterocycles. The van der Waals surface area contributed by atoms with Crippen molar-refractivity contribution in [1.29, 1.82) is 0 Å².